The van der Waals surface area contributed by atoms with E-state index in [1.165, 1.54) is 30.3 Å². The van der Waals surface area contributed by atoms with E-state index in [4.69, 9.17) is 27.9 Å². The number of nitrogens with zero attached hydrogens (tertiary/aromatic N) is 5. The summed E-state index contributed by atoms with van der Waals surface area (Å²) in [6.45, 7) is -0.708. The maximum atomic E-state index is 15.4. The lowest BCUT2D eigenvalue weighted by atomic mass is 9.56. The Morgan fingerprint density at radius 3 is 1.95 bits per heavy atom. The van der Waals surface area contributed by atoms with Crippen LogP contribution in [-0.2, 0) is 19.2 Å². The van der Waals surface area contributed by atoms with Gasteiger partial charge in [-0.3, -0.25) is 24.1 Å². The van der Waals surface area contributed by atoms with E-state index in [9.17, 15) is 37.5 Å². The third kappa shape index (κ3) is 6.01. The summed E-state index contributed by atoms with van der Waals surface area (Å²) in [5, 5.41) is 18.1. The molecule has 0 aromatic heterocycles. The van der Waals surface area contributed by atoms with Crippen molar-refractivity contribution in [2.75, 3.05) is 42.0 Å². The van der Waals surface area contributed by atoms with Crippen molar-refractivity contribution in [3.63, 3.8) is 0 Å². The summed E-state index contributed by atoms with van der Waals surface area (Å²) in [5.74, 6) is -21.7. The van der Waals surface area contributed by atoms with E-state index in [0.717, 1.165) is 10.6 Å². The lowest BCUT2D eigenvalue weighted by Gasteiger charge is -2.50. The minimum Gasteiger partial charge on any atom is -0.491 e. The lowest BCUT2D eigenvalue weighted by molar-refractivity contribution is -0.125. The Morgan fingerprint density at radius 2 is 1.35 bits per heavy atom. The van der Waals surface area contributed by atoms with Gasteiger partial charge in [-0.25, -0.2) is 26.9 Å². The van der Waals surface area contributed by atoms with Crippen LogP contribution in [0, 0.1) is 46.8 Å². The average molecular weight is 869 g/mol. The Hall–Kier alpha value is -5.71. The molecular formula is C42H32Cl2F5N5O6. The number of imide groups is 2. The van der Waals surface area contributed by atoms with Crippen LogP contribution in [0.1, 0.15) is 24.3 Å². The molecule has 4 amide bonds. The molecule has 3 fully saturated rings. The third-order valence-corrected chi connectivity index (χ3v) is 13.0. The number of azo groups is 1. The van der Waals surface area contributed by atoms with Crippen LogP contribution in [0.4, 0.5) is 50.4 Å². The summed E-state index contributed by atoms with van der Waals surface area (Å²) in [4.78, 5) is 55.0. The lowest BCUT2D eigenvalue weighted by Crippen LogP contribution is -2.60. The summed E-state index contributed by atoms with van der Waals surface area (Å²) in [7, 11) is 3.81. The van der Waals surface area contributed by atoms with Gasteiger partial charge in [0.15, 0.2) is 33.0 Å². The zero-order valence-electron chi connectivity index (χ0n) is 31.5. The molecule has 2 aliphatic heterocycles. The Bertz CT molecular complexity index is 2510. The molecule has 0 radical (unpaired) electrons. The molecule has 4 aliphatic rings. The molecule has 0 bridgehead atoms. The van der Waals surface area contributed by atoms with Gasteiger partial charge < -0.3 is 14.7 Å². The van der Waals surface area contributed by atoms with Gasteiger partial charge in [-0.1, -0.05) is 29.8 Å². The van der Waals surface area contributed by atoms with Crippen LogP contribution in [0.25, 0.3) is 0 Å². The van der Waals surface area contributed by atoms with Gasteiger partial charge in [0.25, 0.3) is 11.8 Å². The minimum atomic E-state index is -2.73. The zero-order valence-corrected chi connectivity index (χ0v) is 33.0. The molecule has 0 unspecified atom stereocenters. The van der Waals surface area contributed by atoms with Crippen LogP contribution < -0.4 is 19.4 Å². The van der Waals surface area contributed by atoms with E-state index in [1.807, 2.05) is 31.1 Å². The van der Waals surface area contributed by atoms with Gasteiger partial charge in [-0.2, -0.15) is 10.2 Å². The van der Waals surface area contributed by atoms with Gasteiger partial charge in [0, 0.05) is 31.3 Å². The molecule has 6 atom stereocenters. The summed E-state index contributed by atoms with van der Waals surface area (Å²) >= 11 is 14.5. The minimum absolute atomic E-state index is 0.0347. The van der Waals surface area contributed by atoms with Crippen molar-refractivity contribution in [2.45, 2.75) is 28.5 Å². The first kappa shape index (κ1) is 41.0. The van der Waals surface area contributed by atoms with Crippen LogP contribution >= 0.6 is 23.2 Å². The first-order valence-electron chi connectivity index (χ1n) is 18.5. The highest BCUT2D eigenvalue weighted by molar-refractivity contribution is 6.58. The maximum absolute atomic E-state index is 15.4. The number of anilines is 3. The molecular weight excluding hydrogens is 836 g/mol. The summed E-state index contributed by atoms with van der Waals surface area (Å²) < 4.78 is 79.9. The van der Waals surface area contributed by atoms with Gasteiger partial charge in [0.2, 0.25) is 17.6 Å². The SMILES string of the molecule is CN(C)c1ccc(N=Nc2ccc(N3C(=O)[C@H]4[C@H](CC=C5[C@H]4C[C@@]4(Cl)C(=O)N(c6c(F)c(F)c(F)c(F)c6F)C(=O)[C@@]4(Cl)[C@H]5c4ccccc4OCCO)C3=O)cc2)cc1. The fourth-order valence-electron chi connectivity index (χ4n) is 8.77. The fourth-order valence-corrected chi connectivity index (χ4v) is 9.70. The van der Waals surface area contributed by atoms with Crippen molar-refractivity contribution in [3.8, 4) is 5.75 Å². The molecule has 4 aromatic carbocycles. The molecule has 8 rings (SSSR count). The highest BCUT2D eigenvalue weighted by atomic mass is 35.5. The van der Waals surface area contributed by atoms with E-state index in [-0.39, 0.29) is 40.5 Å². The molecule has 18 heteroatoms. The fraction of sp³-hybridized carbons (Fsp3) is 0.286. The number of rotatable bonds is 9. The number of hydrogen-bond donors (Lipinski definition) is 1. The normalized spacial score (nSPS) is 26.1. The predicted octanol–water partition coefficient (Wildman–Crippen LogP) is 8.00. The van der Waals surface area contributed by atoms with Gasteiger partial charge in [-0.05, 0) is 73.4 Å². The first-order chi connectivity index (χ1) is 28.6. The second kappa shape index (κ2) is 15.1. The van der Waals surface area contributed by atoms with Crippen molar-refractivity contribution in [2.24, 2.45) is 28.0 Å². The number of hydrogen-bond acceptors (Lipinski definition) is 9. The van der Waals surface area contributed by atoms with Crippen LogP contribution in [0.2, 0.25) is 0 Å². The topological polar surface area (TPSA) is 132 Å². The number of amides is 4. The molecule has 4 aromatic rings. The third-order valence-electron chi connectivity index (χ3n) is 11.6. The van der Waals surface area contributed by atoms with Gasteiger partial charge in [0.1, 0.15) is 18.0 Å². The summed E-state index contributed by atoms with van der Waals surface area (Å²) in [5.41, 5.74) is 0.636. The molecule has 11 nitrogen and oxygen atoms in total. The van der Waals surface area contributed by atoms with E-state index < -0.39 is 105 Å². The number of aliphatic hydroxyl groups is 1. The second-order valence-corrected chi connectivity index (χ2v) is 16.2. The number of para-hydroxylation sites is 1. The largest absolute Gasteiger partial charge is 0.491 e. The summed E-state index contributed by atoms with van der Waals surface area (Å²) in [6.07, 6.45) is 0.861. The van der Waals surface area contributed by atoms with Crippen LogP contribution in [0.5, 0.6) is 5.75 Å². The Kier molecular flexibility index (Phi) is 10.3. The van der Waals surface area contributed by atoms with Crippen molar-refractivity contribution in [3.05, 3.63) is 119 Å². The van der Waals surface area contributed by atoms with Crippen LogP contribution in [0.15, 0.2) is 94.7 Å². The Balaban J connectivity index is 1.19. The molecule has 2 heterocycles. The summed E-state index contributed by atoms with van der Waals surface area (Å²) in [6, 6.07) is 19.5. The molecule has 60 heavy (non-hydrogen) atoms. The molecule has 1 saturated carbocycles. The van der Waals surface area contributed by atoms with E-state index in [1.54, 1.807) is 36.4 Å². The quantitative estimate of drug-likeness (QED) is 0.0343. The molecule has 2 saturated heterocycles. The number of carbonyl (C=O) groups excluding carboxylic acids is 4. The van der Waals surface area contributed by atoms with Crippen LogP contribution in [0.3, 0.4) is 0 Å². The molecule has 0 spiro atoms. The molecule has 1 N–H and O–H groups in total. The number of alkyl halides is 2. The predicted molar refractivity (Wildman–Crippen MR) is 209 cm³/mol. The zero-order chi connectivity index (χ0) is 43.0. The highest BCUT2D eigenvalue weighted by Crippen LogP contribution is 2.67. The number of carbonyl (C=O) groups is 4. The van der Waals surface area contributed by atoms with E-state index in [0.29, 0.717) is 11.4 Å². The van der Waals surface area contributed by atoms with E-state index in [2.05, 4.69) is 10.2 Å². The maximum Gasteiger partial charge on any atom is 0.258 e. The van der Waals surface area contributed by atoms with E-state index >= 15 is 8.78 Å². The smallest absolute Gasteiger partial charge is 0.258 e. The molecule has 310 valence electrons. The average Bonchev–Trinajstić information content (AvgIpc) is 3.58. The highest BCUT2D eigenvalue weighted by Gasteiger charge is 2.77. The number of benzene rings is 4. The number of aliphatic hydroxyl groups excluding tert-OH is 1. The first-order valence-corrected chi connectivity index (χ1v) is 19.3. The number of fused-ring (bicyclic) bond motifs is 4. The monoisotopic (exact) mass is 867 g/mol. The number of halogens is 7. The Morgan fingerprint density at radius 1 is 0.767 bits per heavy atom. The van der Waals surface area contributed by atoms with Crippen LogP contribution in [-0.4, -0.2) is 65.8 Å². The van der Waals surface area contributed by atoms with Gasteiger partial charge in [0.05, 0.1) is 35.5 Å². The van der Waals surface area contributed by atoms with Crippen molar-refractivity contribution < 1.29 is 51.0 Å². The van der Waals surface area contributed by atoms with Gasteiger partial charge >= 0.3 is 0 Å². The van der Waals surface area contributed by atoms with Crippen molar-refractivity contribution in [1.82, 2.24) is 0 Å². The number of allylic oxidation sites excluding steroid dienone is 2. The standard InChI is InChI=1S/C42H32Cl2F5N5O6/c1-52(2)22-11-7-20(8-12-22)50-51-21-9-13-23(14-10-21)53-37(56)26-16-15-24-27(29(26)38(53)57)19-41(43)39(58)54(36-34(48)32(46)31(45)33(47)35(36)49)40(59)42(41,44)30(24)25-5-3-4-6-28(25)60-18-17-55/h3-15,26-27,29-30,55H,16-19H2,1-2H3/t26-,27+,29-,30+,41+,42-/m0/s1. The van der Waals surface area contributed by atoms with Crippen molar-refractivity contribution in [1.29, 1.82) is 0 Å². The van der Waals surface area contributed by atoms with Gasteiger partial charge in [-0.15, -0.1) is 23.2 Å². The Labute approximate surface area is 348 Å². The second-order valence-electron chi connectivity index (χ2n) is 14.9. The van der Waals surface area contributed by atoms with Crippen molar-refractivity contribution >= 4 is 75.3 Å². The number of ether oxygens (including phenoxy) is 1. The molecule has 2 aliphatic carbocycles.